The predicted octanol–water partition coefficient (Wildman–Crippen LogP) is 1.21. The first-order valence-corrected chi connectivity index (χ1v) is 7.45. The fourth-order valence-electron chi connectivity index (χ4n) is 3.11. The van der Waals surface area contributed by atoms with Crippen molar-refractivity contribution in [2.45, 2.75) is 19.4 Å². The molecule has 2 aliphatic heterocycles. The van der Waals surface area contributed by atoms with Crippen LogP contribution in [-0.2, 0) is 6.54 Å². The molecular formula is C14H25ClN4O. The molecule has 3 heterocycles. The largest absolute Gasteiger partial charge is 0.364 e. The molecule has 1 aromatic heterocycles. The lowest BCUT2D eigenvalue weighted by Gasteiger charge is -2.37. The van der Waals surface area contributed by atoms with Gasteiger partial charge in [0.05, 0.1) is 5.69 Å². The third-order valence-electron chi connectivity index (χ3n) is 4.32. The number of piperazine rings is 1. The van der Waals surface area contributed by atoms with Crippen LogP contribution in [-0.4, -0.2) is 60.8 Å². The van der Waals surface area contributed by atoms with E-state index in [2.05, 4.69) is 20.3 Å². The minimum absolute atomic E-state index is 0. The van der Waals surface area contributed by atoms with Crippen molar-refractivity contribution in [3.8, 4) is 0 Å². The summed E-state index contributed by atoms with van der Waals surface area (Å²) in [5.74, 6) is 0.906. The van der Waals surface area contributed by atoms with E-state index in [0.717, 1.165) is 31.2 Å². The Kier molecular flexibility index (Phi) is 6.29. The first-order valence-electron chi connectivity index (χ1n) is 7.45. The topological polar surface area (TPSA) is 44.5 Å². The van der Waals surface area contributed by atoms with Gasteiger partial charge < -0.3 is 14.7 Å². The van der Waals surface area contributed by atoms with E-state index in [-0.39, 0.29) is 12.4 Å². The molecule has 0 bridgehead atoms. The Morgan fingerprint density at radius 2 is 1.85 bits per heavy atom. The van der Waals surface area contributed by atoms with Crippen LogP contribution in [0.2, 0.25) is 0 Å². The van der Waals surface area contributed by atoms with Crippen molar-refractivity contribution in [2.75, 3.05) is 45.8 Å². The number of nitrogens with one attached hydrogen (secondary N) is 1. The molecule has 3 rings (SSSR count). The monoisotopic (exact) mass is 300 g/mol. The molecule has 2 aliphatic rings. The van der Waals surface area contributed by atoms with Crippen LogP contribution in [0, 0.1) is 5.92 Å². The minimum atomic E-state index is 0. The van der Waals surface area contributed by atoms with Crippen LogP contribution in [0.15, 0.2) is 16.9 Å². The second kappa shape index (κ2) is 7.98. The quantitative estimate of drug-likeness (QED) is 0.906. The lowest BCUT2D eigenvalue weighted by atomic mass is 9.97. The molecule has 0 saturated carbocycles. The number of rotatable bonds is 4. The zero-order valence-electron chi connectivity index (χ0n) is 12.0. The van der Waals surface area contributed by atoms with Gasteiger partial charge in [0.1, 0.15) is 6.26 Å². The molecule has 0 aliphatic carbocycles. The van der Waals surface area contributed by atoms with Gasteiger partial charge in [-0.25, -0.2) is 0 Å². The van der Waals surface area contributed by atoms with Crippen LogP contribution in [0.3, 0.4) is 0 Å². The van der Waals surface area contributed by atoms with Gasteiger partial charge in [0.15, 0.2) is 0 Å². The van der Waals surface area contributed by atoms with Crippen molar-refractivity contribution in [1.29, 1.82) is 0 Å². The van der Waals surface area contributed by atoms with E-state index in [9.17, 15) is 0 Å². The summed E-state index contributed by atoms with van der Waals surface area (Å²) in [6.45, 7) is 9.32. The number of hydrogen-bond acceptors (Lipinski definition) is 5. The predicted molar refractivity (Wildman–Crippen MR) is 81.1 cm³/mol. The fraction of sp³-hybridized carbons (Fsp3) is 0.786. The van der Waals surface area contributed by atoms with Crippen molar-refractivity contribution in [3.63, 3.8) is 0 Å². The molecule has 1 N–H and O–H groups in total. The Morgan fingerprint density at radius 3 is 2.50 bits per heavy atom. The standard InChI is InChI=1S/C14H24N4O.ClH/c1-4-15-5-2-13(1)11-17-6-8-18(9-7-17)12-14-3-10-19-16-14;/h3,10,13,15H,1-2,4-9,11-12H2;1H. The van der Waals surface area contributed by atoms with Crippen LogP contribution in [0.5, 0.6) is 0 Å². The summed E-state index contributed by atoms with van der Waals surface area (Å²) < 4.78 is 4.88. The number of piperidine rings is 1. The molecule has 2 fully saturated rings. The van der Waals surface area contributed by atoms with Gasteiger partial charge in [-0.2, -0.15) is 0 Å². The minimum Gasteiger partial charge on any atom is -0.364 e. The fourth-order valence-corrected chi connectivity index (χ4v) is 3.11. The van der Waals surface area contributed by atoms with Gasteiger partial charge in [-0.3, -0.25) is 4.90 Å². The van der Waals surface area contributed by atoms with Crippen molar-refractivity contribution in [1.82, 2.24) is 20.3 Å². The summed E-state index contributed by atoms with van der Waals surface area (Å²) in [6, 6.07) is 1.96. The zero-order valence-corrected chi connectivity index (χ0v) is 12.8. The molecule has 0 unspecified atom stereocenters. The summed E-state index contributed by atoms with van der Waals surface area (Å²) >= 11 is 0. The van der Waals surface area contributed by atoms with Gasteiger partial charge in [0.2, 0.25) is 0 Å². The van der Waals surface area contributed by atoms with E-state index in [0.29, 0.717) is 0 Å². The van der Waals surface area contributed by atoms with Crippen LogP contribution in [0.25, 0.3) is 0 Å². The molecule has 0 radical (unpaired) electrons. The van der Waals surface area contributed by atoms with E-state index < -0.39 is 0 Å². The maximum Gasteiger partial charge on any atom is 0.124 e. The molecule has 0 atom stereocenters. The van der Waals surface area contributed by atoms with Gasteiger partial charge >= 0.3 is 0 Å². The molecule has 0 spiro atoms. The maximum atomic E-state index is 4.88. The Balaban J connectivity index is 0.00000147. The highest BCUT2D eigenvalue weighted by atomic mass is 35.5. The van der Waals surface area contributed by atoms with E-state index in [1.54, 1.807) is 6.26 Å². The third kappa shape index (κ3) is 4.45. The molecule has 5 nitrogen and oxygen atoms in total. The molecular weight excluding hydrogens is 276 g/mol. The van der Waals surface area contributed by atoms with Gasteiger partial charge in [-0.1, -0.05) is 5.16 Å². The third-order valence-corrected chi connectivity index (χ3v) is 4.32. The number of halogens is 1. The van der Waals surface area contributed by atoms with E-state index in [1.807, 2.05) is 6.07 Å². The SMILES string of the molecule is Cl.c1cc(CN2CCN(CC3CCNCC3)CC2)no1. The molecule has 20 heavy (non-hydrogen) atoms. The molecule has 114 valence electrons. The van der Waals surface area contributed by atoms with Crippen LogP contribution in [0.1, 0.15) is 18.5 Å². The van der Waals surface area contributed by atoms with Gasteiger partial charge in [0, 0.05) is 45.3 Å². The van der Waals surface area contributed by atoms with Crippen molar-refractivity contribution in [2.24, 2.45) is 5.92 Å². The highest BCUT2D eigenvalue weighted by Gasteiger charge is 2.21. The Morgan fingerprint density at radius 1 is 1.15 bits per heavy atom. The Labute approximate surface area is 127 Å². The van der Waals surface area contributed by atoms with Crippen molar-refractivity contribution in [3.05, 3.63) is 18.0 Å². The Bertz CT molecular complexity index is 359. The number of nitrogens with zero attached hydrogens (tertiary/aromatic N) is 3. The smallest absolute Gasteiger partial charge is 0.124 e. The first-order chi connectivity index (χ1) is 9.40. The second-order valence-corrected chi connectivity index (χ2v) is 5.76. The summed E-state index contributed by atoms with van der Waals surface area (Å²) in [5.41, 5.74) is 1.05. The summed E-state index contributed by atoms with van der Waals surface area (Å²) in [4.78, 5) is 5.10. The number of aromatic nitrogens is 1. The van der Waals surface area contributed by atoms with Gasteiger partial charge in [0.25, 0.3) is 0 Å². The average molecular weight is 301 g/mol. The lowest BCUT2D eigenvalue weighted by Crippen LogP contribution is -2.48. The first kappa shape index (κ1) is 15.8. The van der Waals surface area contributed by atoms with Crippen molar-refractivity contribution >= 4 is 12.4 Å². The summed E-state index contributed by atoms with van der Waals surface area (Å²) in [6.07, 6.45) is 4.35. The molecule has 0 aromatic carbocycles. The van der Waals surface area contributed by atoms with Crippen LogP contribution < -0.4 is 5.32 Å². The highest BCUT2D eigenvalue weighted by Crippen LogP contribution is 2.15. The molecule has 0 amide bonds. The highest BCUT2D eigenvalue weighted by molar-refractivity contribution is 5.85. The van der Waals surface area contributed by atoms with E-state index in [1.165, 1.54) is 45.6 Å². The van der Waals surface area contributed by atoms with Crippen molar-refractivity contribution < 1.29 is 4.52 Å². The Hall–Kier alpha value is -0.620. The molecule has 1 aromatic rings. The summed E-state index contributed by atoms with van der Waals surface area (Å²) in [7, 11) is 0. The average Bonchev–Trinajstić information content (AvgIpc) is 2.95. The zero-order chi connectivity index (χ0) is 12.9. The van der Waals surface area contributed by atoms with Gasteiger partial charge in [-0.15, -0.1) is 12.4 Å². The molecule has 6 heteroatoms. The maximum absolute atomic E-state index is 4.88. The van der Waals surface area contributed by atoms with E-state index >= 15 is 0 Å². The molecule has 2 saturated heterocycles. The number of hydrogen-bond donors (Lipinski definition) is 1. The van der Waals surface area contributed by atoms with Crippen LogP contribution in [0.4, 0.5) is 0 Å². The van der Waals surface area contributed by atoms with E-state index in [4.69, 9.17) is 4.52 Å². The lowest BCUT2D eigenvalue weighted by molar-refractivity contribution is 0.105. The summed E-state index contributed by atoms with van der Waals surface area (Å²) in [5, 5.41) is 7.43. The normalized spacial score (nSPS) is 22.6. The van der Waals surface area contributed by atoms with Gasteiger partial charge in [-0.05, 0) is 31.8 Å². The van der Waals surface area contributed by atoms with Crippen LogP contribution >= 0.6 is 12.4 Å². The second-order valence-electron chi connectivity index (χ2n) is 5.76.